The lowest BCUT2D eigenvalue weighted by Gasteiger charge is -2.35. The van der Waals surface area contributed by atoms with Crippen LogP contribution in [0.3, 0.4) is 0 Å². The van der Waals surface area contributed by atoms with Crippen molar-refractivity contribution in [2.75, 3.05) is 33.9 Å². The summed E-state index contributed by atoms with van der Waals surface area (Å²) in [5, 5.41) is 0. The molecule has 15 heavy (non-hydrogen) atoms. The summed E-state index contributed by atoms with van der Waals surface area (Å²) in [7, 11) is 3.36. The molecule has 1 heterocycles. The lowest BCUT2D eigenvalue weighted by atomic mass is 9.92. The lowest BCUT2D eigenvalue weighted by Crippen LogP contribution is -2.45. The van der Waals surface area contributed by atoms with E-state index in [1.165, 1.54) is 12.8 Å². The third-order valence-corrected chi connectivity index (χ3v) is 3.22. The number of nitrogens with two attached hydrogens (primary N) is 1. The summed E-state index contributed by atoms with van der Waals surface area (Å²) >= 11 is 0. The number of hydrogen-bond acceptors (Lipinski definition) is 4. The molecular formula is C11H24N2O2. The topological polar surface area (TPSA) is 47.7 Å². The molecule has 0 aromatic heterocycles. The van der Waals surface area contributed by atoms with Gasteiger partial charge in [0.05, 0.1) is 0 Å². The molecule has 0 aliphatic carbocycles. The minimum atomic E-state index is -0.114. The van der Waals surface area contributed by atoms with Gasteiger partial charge in [0, 0.05) is 33.4 Å². The van der Waals surface area contributed by atoms with Crippen LogP contribution in [0, 0.1) is 5.92 Å². The van der Waals surface area contributed by atoms with Crippen molar-refractivity contribution in [2.45, 2.75) is 32.1 Å². The molecule has 1 saturated heterocycles. The highest BCUT2D eigenvalue weighted by atomic mass is 16.7. The van der Waals surface area contributed by atoms with Crippen LogP contribution < -0.4 is 5.73 Å². The Labute approximate surface area is 92.7 Å². The van der Waals surface area contributed by atoms with Crippen molar-refractivity contribution < 1.29 is 9.47 Å². The first-order valence-electron chi connectivity index (χ1n) is 5.71. The maximum atomic E-state index is 5.94. The van der Waals surface area contributed by atoms with Crippen molar-refractivity contribution in [2.24, 2.45) is 11.7 Å². The molecule has 0 aromatic rings. The molecule has 0 saturated carbocycles. The van der Waals surface area contributed by atoms with Crippen LogP contribution in [0.25, 0.3) is 0 Å². The second-order valence-electron chi connectivity index (χ2n) is 4.42. The van der Waals surface area contributed by atoms with Gasteiger partial charge >= 0.3 is 0 Å². The molecule has 2 unspecified atom stereocenters. The van der Waals surface area contributed by atoms with Crippen molar-refractivity contribution in [1.82, 2.24) is 4.90 Å². The van der Waals surface area contributed by atoms with Crippen LogP contribution in [0.2, 0.25) is 0 Å². The van der Waals surface area contributed by atoms with Gasteiger partial charge in [-0.05, 0) is 32.2 Å². The average Bonchev–Trinajstić information content (AvgIpc) is 2.26. The summed E-state index contributed by atoms with van der Waals surface area (Å²) in [4.78, 5) is 2.38. The van der Waals surface area contributed by atoms with Crippen molar-refractivity contribution in [3.63, 3.8) is 0 Å². The summed E-state index contributed by atoms with van der Waals surface area (Å²) in [6.07, 6.45) is 2.36. The number of likely N-dealkylation sites (tertiary alicyclic amines) is 1. The van der Waals surface area contributed by atoms with Gasteiger partial charge in [-0.15, -0.1) is 0 Å². The molecule has 1 fully saturated rings. The number of hydrogen-bond donors (Lipinski definition) is 1. The standard InChI is InChI=1S/C11H24N2O2/c1-9(12)10-5-4-6-13(7-10)8-11(14-2)15-3/h9-11H,4-8,12H2,1-3H3. The first-order chi connectivity index (χ1) is 7.17. The van der Waals surface area contributed by atoms with Gasteiger partial charge in [0.25, 0.3) is 0 Å². The maximum absolute atomic E-state index is 5.94. The Balaban J connectivity index is 2.35. The smallest absolute Gasteiger partial charge is 0.169 e. The number of ether oxygens (including phenoxy) is 2. The van der Waals surface area contributed by atoms with Gasteiger partial charge in [-0.2, -0.15) is 0 Å². The molecule has 1 aliphatic rings. The predicted octanol–water partition coefficient (Wildman–Crippen LogP) is 0.665. The van der Waals surface area contributed by atoms with Crippen LogP contribution in [-0.4, -0.2) is 51.1 Å². The highest BCUT2D eigenvalue weighted by Gasteiger charge is 2.24. The number of methoxy groups -OCH3 is 2. The minimum Gasteiger partial charge on any atom is -0.355 e. The van der Waals surface area contributed by atoms with E-state index in [0.717, 1.165) is 19.6 Å². The first-order valence-corrected chi connectivity index (χ1v) is 5.71. The molecule has 2 atom stereocenters. The molecule has 0 spiro atoms. The monoisotopic (exact) mass is 216 g/mol. The fourth-order valence-electron chi connectivity index (χ4n) is 2.14. The summed E-state index contributed by atoms with van der Waals surface area (Å²) in [5.41, 5.74) is 5.94. The van der Waals surface area contributed by atoms with Crippen molar-refractivity contribution in [1.29, 1.82) is 0 Å². The van der Waals surface area contributed by atoms with Gasteiger partial charge in [0.15, 0.2) is 6.29 Å². The van der Waals surface area contributed by atoms with E-state index in [0.29, 0.717) is 5.92 Å². The van der Waals surface area contributed by atoms with Crippen LogP contribution >= 0.6 is 0 Å². The molecule has 90 valence electrons. The zero-order valence-electron chi connectivity index (χ0n) is 10.1. The summed E-state index contributed by atoms with van der Waals surface area (Å²) in [6.45, 7) is 5.14. The van der Waals surface area contributed by atoms with Crippen LogP contribution in [0.4, 0.5) is 0 Å². The highest BCUT2D eigenvalue weighted by Crippen LogP contribution is 2.19. The average molecular weight is 216 g/mol. The molecule has 0 amide bonds. The predicted molar refractivity (Wildman–Crippen MR) is 60.6 cm³/mol. The largest absolute Gasteiger partial charge is 0.355 e. The fraction of sp³-hybridized carbons (Fsp3) is 1.00. The Morgan fingerprint density at radius 3 is 2.60 bits per heavy atom. The van der Waals surface area contributed by atoms with E-state index in [4.69, 9.17) is 15.2 Å². The Bertz CT molecular complexity index is 170. The van der Waals surface area contributed by atoms with Crippen LogP contribution in [0.1, 0.15) is 19.8 Å². The molecular weight excluding hydrogens is 192 g/mol. The molecule has 4 nitrogen and oxygen atoms in total. The van der Waals surface area contributed by atoms with E-state index in [1.807, 2.05) is 0 Å². The second kappa shape index (κ2) is 6.43. The molecule has 1 rings (SSSR count). The van der Waals surface area contributed by atoms with Gasteiger partial charge < -0.3 is 15.2 Å². The highest BCUT2D eigenvalue weighted by molar-refractivity contribution is 4.78. The van der Waals surface area contributed by atoms with E-state index in [9.17, 15) is 0 Å². The van der Waals surface area contributed by atoms with Crippen molar-refractivity contribution in [3.8, 4) is 0 Å². The summed E-state index contributed by atoms with van der Waals surface area (Å²) in [5.74, 6) is 0.619. The zero-order chi connectivity index (χ0) is 11.3. The summed E-state index contributed by atoms with van der Waals surface area (Å²) < 4.78 is 10.4. The summed E-state index contributed by atoms with van der Waals surface area (Å²) in [6, 6.07) is 0.288. The van der Waals surface area contributed by atoms with E-state index in [-0.39, 0.29) is 12.3 Å². The minimum absolute atomic E-state index is 0.114. The fourth-order valence-corrected chi connectivity index (χ4v) is 2.14. The molecule has 0 radical (unpaired) electrons. The first kappa shape index (κ1) is 12.9. The van der Waals surface area contributed by atoms with Gasteiger partial charge in [-0.25, -0.2) is 0 Å². The third-order valence-electron chi connectivity index (χ3n) is 3.22. The Morgan fingerprint density at radius 1 is 1.40 bits per heavy atom. The number of nitrogens with zero attached hydrogens (tertiary/aromatic N) is 1. The number of rotatable bonds is 5. The molecule has 0 bridgehead atoms. The van der Waals surface area contributed by atoms with Gasteiger partial charge in [0.2, 0.25) is 0 Å². The van der Waals surface area contributed by atoms with Crippen LogP contribution in [-0.2, 0) is 9.47 Å². The Hall–Kier alpha value is -0.160. The Kier molecular flexibility index (Phi) is 5.53. The zero-order valence-corrected chi connectivity index (χ0v) is 10.1. The van der Waals surface area contributed by atoms with Crippen LogP contribution in [0.15, 0.2) is 0 Å². The van der Waals surface area contributed by atoms with E-state index in [1.54, 1.807) is 14.2 Å². The second-order valence-corrected chi connectivity index (χ2v) is 4.42. The maximum Gasteiger partial charge on any atom is 0.169 e. The van der Waals surface area contributed by atoms with E-state index < -0.39 is 0 Å². The third kappa shape index (κ3) is 4.07. The van der Waals surface area contributed by atoms with E-state index >= 15 is 0 Å². The van der Waals surface area contributed by atoms with Gasteiger partial charge in [-0.3, -0.25) is 4.90 Å². The molecule has 0 aromatic carbocycles. The van der Waals surface area contributed by atoms with E-state index in [2.05, 4.69) is 11.8 Å². The quantitative estimate of drug-likeness (QED) is 0.686. The van der Waals surface area contributed by atoms with Gasteiger partial charge in [0.1, 0.15) is 0 Å². The molecule has 2 N–H and O–H groups in total. The Morgan fingerprint density at radius 2 is 2.07 bits per heavy atom. The van der Waals surface area contributed by atoms with Gasteiger partial charge in [-0.1, -0.05) is 0 Å². The SMILES string of the molecule is COC(CN1CCCC(C(C)N)C1)OC. The number of piperidine rings is 1. The van der Waals surface area contributed by atoms with Crippen LogP contribution in [0.5, 0.6) is 0 Å². The van der Waals surface area contributed by atoms with Crippen molar-refractivity contribution in [3.05, 3.63) is 0 Å². The van der Waals surface area contributed by atoms with Crippen molar-refractivity contribution >= 4 is 0 Å². The lowest BCUT2D eigenvalue weighted by molar-refractivity contribution is -0.119. The molecule has 4 heteroatoms. The normalized spacial score (nSPS) is 25.8. The molecule has 1 aliphatic heterocycles.